The Kier molecular flexibility index (Phi) is 6.15. The zero-order valence-electron chi connectivity index (χ0n) is 14.6. The van der Waals surface area contributed by atoms with Crippen LogP contribution < -0.4 is 5.32 Å². The molecule has 1 fully saturated rings. The molecule has 1 aromatic rings. The van der Waals surface area contributed by atoms with Gasteiger partial charge in [0.2, 0.25) is 0 Å². The molecule has 24 heavy (non-hydrogen) atoms. The molecule has 1 saturated heterocycles. The first kappa shape index (κ1) is 18.6. The van der Waals surface area contributed by atoms with Gasteiger partial charge in [0.25, 0.3) is 0 Å². The van der Waals surface area contributed by atoms with E-state index in [2.05, 4.69) is 5.32 Å². The van der Waals surface area contributed by atoms with Crippen molar-refractivity contribution in [1.29, 1.82) is 0 Å². The number of hydrogen-bond acceptors (Lipinski definition) is 3. The third kappa shape index (κ3) is 5.74. The maximum absolute atomic E-state index is 13.7. The molecular formula is C18H26F2N2O2. The molecule has 0 bridgehead atoms. The maximum Gasteiger partial charge on any atom is 0.410 e. The molecule has 0 spiro atoms. The summed E-state index contributed by atoms with van der Waals surface area (Å²) >= 11 is 0. The Morgan fingerprint density at radius 1 is 1.33 bits per heavy atom. The molecule has 1 N–H and O–H groups in total. The van der Waals surface area contributed by atoms with Crippen LogP contribution in [0.4, 0.5) is 13.6 Å². The molecule has 1 amide bonds. The van der Waals surface area contributed by atoms with Crippen LogP contribution in [0.15, 0.2) is 18.2 Å². The zero-order chi connectivity index (χ0) is 17.7. The summed E-state index contributed by atoms with van der Waals surface area (Å²) in [5.41, 5.74) is -0.103. The standard InChI is InChI=1S/C18H26F2N2O2/c1-18(2,3)24-17(23)22-9-5-4-6-15(12-22)21-11-13-7-8-14(19)10-16(13)20/h7-8,10,15,21H,4-6,9,11-12H2,1-3H3. The number of hydrogen-bond donors (Lipinski definition) is 1. The molecular weight excluding hydrogens is 314 g/mol. The van der Waals surface area contributed by atoms with Crippen molar-refractivity contribution in [2.75, 3.05) is 13.1 Å². The second-order valence-corrected chi connectivity index (χ2v) is 7.24. The fraction of sp³-hybridized carbons (Fsp3) is 0.611. The van der Waals surface area contributed by atoms with Gasteiger partial charge in [-0.05, 0) is 39.7 Å². The van der Waals surface area contributed by atoms with E-state index < -0.39 is 17.2 Å². The number of carbonyl (C=O) groups excluding carboxylic acids is 1. The van der Waals surface area contributed by atoms with Crippen molar-refractivity contribution in [3.05, 3.63) is 35.4 Å². The van der Waals surface area contributed by atoms with Gasteiger partial charge in [-0.3, -0.25) is 0 Å². The zero-order valence-corrected chi connectivity index (χ0v) is 14.6. The fourth-order valence-electron chi connectivity index (χ4n) is 2.72. The first-order valence-electron chi connectivity index (χ1n) is 8.40. The van der Waals surface area contributed by atoms with Crippen molar-refractivity contribution in [3.8, 4) is 0 Å². The Hall–Kier alpha value is -1.69. The molecule has 1 aliphatic rings. The average Bonchev–Trinajstić information content (AvgIpc) is 2.70. The van der Waals surface area contributed by atoms with E-state index in [0.29, 0.717) is 25.2 Å². The molecule has 0 radical (unpaired) electrons. The van der Waals surface area contributed by atoms with Crippen LogP contribution in [0.2, 0.25) is 0 Å². The van der Waals surface area contributed by atoms with Crippen molar-refractivity contribution < 1.29 is 18.3 Å². The van der Waals surface area contributed by atoms with Crippen LogP contribution in [0.3, 0.4) is 0 Å². The van der Waals surface area contributed by atoms with Crippen molar-refractivity contribution in [2.24, 2.45) is 0 Å². The molecule has 4 nitrogen and oxygen atoms in total. The van der Waals surface area contributed by atoms with E-state index in [9.17, 15) is 13.6 Å². The van der Waals surface area contributed by atoms with Gasteiger partial charge in [-0.25, -0.2) is 13.6 Å². The maximum atomic E-state index is 13.7. The predicted molar refractivity (Wildman–Crippen MR) is 88.6 cm³/mol. The number of nitrogens with zero attached hydrogens (tertiary/aromatic N) is 1. The highest BCUT2D eigenvalue weighted by Gasteiger charge is 2.26. The van der Waals surface area contributed by atoms with Crippen LogP contribution in [0.5, 0.6) is 0 Å². The minimum atomic E-state index is -0.582. The largest absolute Gasteiger partial charge is 0.444 e. The molecule has 0 aromatic heterocycles. The van der Waals surface area contributed by atoms with Crippen LogP contribution in [0, 0.1) is 11.6 Å². The molecule has 1 aliphatic heterocycles. The number of likely N-dealkylation sites (tertiary alicyclic amines) is 1. The summed E-state index contributed by atoms with van der Waals surface area (Å²) in [5.74, 6) is -1.14. The van der Waals surface area contributed by atoms with Gasteiger partial charge < -0.3 is 15.0 Å². The molecule has 1 heterocycles. The van der Waals surface area contributed by atoms with Crippen molar-refractivity contribution >= 4 is 6.09 Å². The highest BCUT2D eigenvalue weighted by atomic mass is 19.1. The number of rotatable bonds is 3. The average molecular weight is 340 g/mol. The molecule has 1 aromatic carbocycles. The molecule has 0 aliphatic carbocycles. The lowest BCUT2D eigenvalue weighted by Crippen LogP contribution is -2.44. The predicted octanol–water partition coefficient (Wildman–Crippen LogP) is 3.84. The molecule has 6 heteroatoms. The van der Waals surface area contributed by atoms with Crippen molar-refractivity contribution in [3.63, 3.8) is 0 Å². The summed E-state index contributed by atoms with van der Waals surface area (Å²) in [4.78, 5) is 14.0. The Morgan fingerprint density at radius 2 is 2.08 bits per heavy atom. The second-order valence-electron chi connectivity index (χ2n) is 7.24. The smallest absolute Gasteiger partial charge is 0.410 e. The lowest BCUT2D eigenvalue weighted by atomic mass is 10.1. The summed E-state index contributed by atoms with van der Waals surface area (Å²) in [6.45, 7) is 7.02. The SMILES string of the molecule is CC(C)(C)OC(=O)N1CCCCC(NCc2ccc(F)cc2F)C1. The minimum absolute atomic E-state index is 0.0597. The molecule has 1 unspecified atom stereocenters. The summed E-state index contributed by atoms with van der Waals surface area (Å²) < 4.78 is 32.1. The van der Waals surface area contributed by atoms with E-state index in [1.54, 1.807) is 4.90 Å². The number of benzene rings is 1. The van der Waals surface area contributed by atoms with E-state index in [-0.39, 0.29) is 12.1 Å². The third-order valence-corrected chi connectivity index (χ3v) is 3.92. The van der Waals surface area contributed by atoms with Crippen LogP contribution in [-0.4, -0.2) is 35.7 Å². The van der Waals surface area contributed by atoms with Gasteiger partial charge in [0, 0.05) is 37.3 Å². The lowest BCUT2D eigenvalue weighted by Gasteiger charge is -2.28. The molecule has 2 rings (SSSR count). The third-order valence-electron chi connectivity index (χ3n) is 3.92. The van der Waals surface area contributed by atoms with Gasteiger partial charge >= 0.3 is 6.09 Å². The van der Waals surface area contributed by atoms with Crippen LogP contribution in [0.25, 0.3) is 0 Å². The van der Waals surface area contributed by atoms with Gasteiger partial charge in [0.05, 0.1) is 0 Å². The Bertz CT molecular complexity index is 573. The normalized spacial score (nSPS) is 19.0. The van der Waals surface area contributed by atoms with Crippen LogP contribution in [-0.2, 0) is 11.3 Å². The van der Waals surface area contributed by atoms with Crippen molar-refractivity contribution in [1.82, 2.24) is 10.2 Å². The lowest BCUT2D eigenvalue weighted by molar-refractivity contribution is 0.0243. The number of carbonyl (C=O) groups is 1. The van der Waals surface area contributed by atoms with E-state index in [1.807, 2.05) is 20.8 Å². The topological polar surface area (TPSA) is 41.6 Å². The Labute approximate surface area is 142 Å². The Morgan fingerprint density at radius 3 is 2.75 bits per heavy atom. The minimum Gasteiger partial charge on any atom is -0.444 e. The van der Waals surface area contributed by atoms with Crippen molar-refractivity contribution in [2.45, 2.75) is 58.2 Å². The monoisotopic (exact) mass is 340 g/mol. The highest BCUT2D eigenvalue weighted by molar-refractivity contribution is 5.68. The van der Waals surface area contributed by atoms with E-state index in [0.717, 1.165) is 25.3 Å². The molecule has 134 valence electrons. The Balaban J connectivity index is 1.93. The first-order valence-corrected chi connectivity index (χ1v) is 8.40. The summed E-state index contributed by atoms with van der Waals surface area (Å²) in [7, 11) is 0. The van der Waals surface area contributed by atoms with Crippen LogP contribution >= 0.6 is 0 Å². The fourth-order valence-corrected chi connectivity index (χ4v) is 2.72. The van der Waals surface area contributed by atoms with Gasteiger partial charge in [0.1, 0.15) is 17.2 Å². The number of nitrogens with one attached hydrogen (secondary N) is 1. The van der Waals surface area contributed by atoms with E-state index in [1.165, 1.54) is 12.1 Å². The molecule has 0 saturated carbocycles. The summed E-state index contributed by atoms with van der Waals surface area (Å²) in [6.07, 6.45) is 2.50. The highest BCUT2D eigenvalue weighted by Crippen LogP contribution is 2.16. The number of amides is 1. The second kappa shape index (κ2) is 7.92. The first-order chi connectivity index (χ1) is 11.2. The molecule has 1 atom stereocenters. The van der Waals surface area contributed by atoms with E-state index >= 15 is 0 Å². The van der Waals surface area contributed by atoms with E-state index in [4.69, 9.17) is 4.74 Å². The van der Waals surface area contributed by atoms with Gasteiger partial charge in [-0.2, -0.15) is 0 Å². The van der Waals surface area contributed by atoms with Gasteiger partial charge in [0.15, 0.2) is 0 Å². The number of halogens is 2. The van der Waals surface area contributed by atoms with Crippen LogP contribution in [0.1, 0.15) is 45.6 Å². The number of ether oxygens (including phenoxy) is 1. The quantitative estimate of drug-likeness (QED) is 0.909. The van der Waals surface area contributed by atoms with Gasteiger partial charge in [-0.1, -0.05) is 12.5 Å². The van der Waals surface area contributed by atoms with Gasteiger partial charge in [-0.15, -0.1) is 0 Å². The summed E-state index contributed by atoms with van der Waals surface area (Å²) in [5, 5.41) is 3.27. The summed E-state index contributed by atoms with van der Waals surface area (Å²) in [6, 6.07) is 3.64.